The second-order valence-electron chi connectivity index (χ2n) is 3.87. The van der Waals surface area contributed by atoms with Crippen LogP contribution in [0.15, 0.2) is 34.1 Å². The van der Waals surface area contributed by atoms with Gasteiger partial charge in [0.2, 0.25) is 0 Å². The molecular formula is C14H14BrClO2S. The standard InChI is InChI=1S/C14H14BrClO2S/c1-3-18-9-4-5-11(12(15)6-9)14(16)13-7-10(17-2)8-19-13/h4-8,14H,3H2,1-2H3. The average molecular weight is 362 g/mol. The summed E-state index contributed by atoms with van der Waals surface area (Å²) in [5, 5.41) is 1.76. The number of halogens is 2. The smallest absolute Gasteiger partial charge is 0.129 e. The fourth-order valence-electron chi connectivity index (χ4n) is 1.70. The van der Waals surface area contributed by atoms with Gasteiger partial charge in [-0.2, -0.15) is 0 Å². The minimum Gasteiger partial charge on any atom is -0.496 e. The van der Waals surface area contributed by atoms with Gasteiger partial charge in [-0.05, 0) is 30.7 Å². The van der Waals surface area contributed by atoms with E-state index in [2.05, 4.69) is 15.9 Å². The van der Waals surface area contributed by atoms with Crippen molar-refractivity contribution < 1.29 is 9.47 Å². The van der Waals surface area contributed by atoms with Crippen molar-refractivity contribution in [1.29, 1.82) is 0 Å². The molecule has 0 aliphatic carbocycles. The van der Waals surface area contributed by atoms with Crippen LogP contribution in [0.3, 0.4) is 0 Å². The van der Waals surface area contributed by atoms with E-state index in [4.69, 9.17) is 21.1 Å². The topological polar surface area (TPSA) is 18.5 Å². The normalized spacial score (nSPS) is 12.2. The third-order valence-corrected chi connectivity index (χ3v) is 4.90. The number of methoxy groups -OCH3 is 1. The van der Waals surface area contributed by atoms with Crippen molar-refractivity contribution in [3.05, 3.63) is 44.6 Å². The molecule has 0 amide bonds. The van der Waals surface area contributed by atoms with Gasteiger partial charge in [0.25, 0.3) is 0 Å². The molecule has 1 aromatic heterocycles. The van der Waals surface area contributed by atoms with Crippen molar-refractivity contribution in [2.24, 2.45) is 0 Å². The van der Waals surface area contributed by atoms with E-state index in [-0.39, 0.29) is 5.38 Å². The minimum atomic E-state index is -0.195. The molecule has 2 aromatic rings. The summed E-state index contributed by atoms with van der Waals surface area (Å²) in [6.07, 6.45) is 0. The van der Waals surface area contributed by atoms with Crippen molar-refractivity contribution in [2.45, 2.75) is 12.3 Å². The first-order valence-electron chi connectivity index (χ1n) is 5.84. The number of hydrogen-bond acceptors (Lipinski definition) is 3. The zero-order valence-electron chi connectivity index (χ0n) is 10.7. The number of rotatable bonds is 5. The molecule has 0 saturated heterocycles. The molecule has 1 unspecified atom stereocenters. The summed E-state index contributed by atoms with van der Waals surface area (Å²) in [6.45, 7) is 2.61. The van der Waals surface area contributed by atoms with Crippen LogP contribution >= 0.6 is 38.9 Å². The van der Waals surface area contributed by atoms with Gasteiger partial charge in [0.1, 0.15) is 11.5 Å². The van der Waals surface area contributed by atoms with Crippen LogP contribution in [0.1, 0.15) is 22.7 Å². The fourth-order valence-corrected chi connectivity index (χ4v) is 3.67. The zero-order valence-corrected chi connectivity index (χ0v) is 13.8. The zero-order chi connectivity index (χ0) is 13.8. The van der Waals surface area contributed by atoms with E-state index in [1.807, 2.05) is 36.6 Å². The van der Waals surface area contributed by atoms with Crippen LogP contribution in [0.4, 0.5) is 0 Å². The number of alkyl halides is 1. The summed E-state index contributed by atoms with van der Waals surface area (Å²) in [7, 11) is 1.65. The first kappa shape index (κ1) is 14.7. The average Bonchev–Trinajstić information content (AvgIpc) is 2.87. The molecule has 1 aromatic carbocycles. The lowest BCUT2D eigenvalue weighted by molar-refractivity contribution is 0.340. The molecule has 0 aliphatic rings. The van der Waals surface area contributed by atoms with E-state index in [0.29, 0.717) is 6.61 Å². The Bertz CT molecular complexity index is 556. The molecule has 19 heavy (non-hydrogen) atoms. The second kappa shape index (κ2) is 6.64. The third-order valence-electron chi connectivity index (χ3n) is 2.64. The van der Waals surface area contributed by atoms with Gasteiger partial charge in [0, 0.05) is 14.7 Å². The molecule has 0 radical (unpaired) electrons. The van der Waals surface area contributed by atoms with Crippen LogP contribution in [-0.2, 0) is 0 Å². The second-order valence-corrected chi connectivity index (χ2v) is 6.10. The van der Waals surface area contributed by atoms with Gasteiger partial charge in [-0.15, -0.1) is 22.9 Å². The number of thiophene rings is 1. The summed E-state index contributed by atoms with van der Waals surface area (Å²) < 4.78 is 11.6. The number of ether oxygens (including phenoxy) is 2. The van der Waals surface area contributed by atoms with Crippen LogP contribution in [0.2, 0.25) is 0 Å². The number of benzene rings is 1. The van der Waals surface area contributed by atoms with E-state index >= 15 is 0 Å². The fraction of sp³-hybridized carbons (Fsp3) is 0.286. The highest BCUT2D eigenvalue weighted by Crippen LogP contribution is 2.39. The SMILES string of the molecule is CCOc1ccc(C(Cl)c2cc(OC)cs2)c(Br)c1. The Balaban J connectivity index is 2.25. The van der Waals surface area contributed by atoms with Gasteiger partial charge in [-0.25, -0.2) is 0 Å². The van der Waals surface area contributed by atoms with Crippen molar-refractivity contribution in [2.75, 3.05) is 13.7 Å². The summed E-state index contributed by atoms with van der Waals surface area (Å²) >= 11 is 11.7. The highest BCUT2D eigenvalue weighted by molar-refractivity contribution is 9.10. The van der Waals surface area contributed by atoms with Crippen LogP contribution in [-0.4, -0.2) is 13.7 Å². The van der Waals surface area contributed by atoms with Crippen molar-refractivity contribution in [1.82, 2.24) is 0 Å². The van der Waals surface area contributed by atoms with Crippen LogP contribution in [0.5, 0.6) is 11.5 Å². The molecular weight excluding hydrogens is 348 g/mol. The first-order valence-corrected chi connectivity index (χ1v) is 7.95. The summed E-state index contributed by atoms with van der Waals surface area (Å²) in [6, 6.07) is 7.83. The van der Waals surface area contributed by atoms with Crippen LogP contribution in [0.25, 0.3) is 0 Å². The molecule has 0 saturated carbocycles. The Kier molecular flexibility index (Phi) is 5.13. The third kappa shape index (κ3) is 3.44. The molecule has 1 atom stereocenters. The largest absolute Gasteiger partial charge is 0.496 e. The van der Waals surface area contributed by atoms with E-state index in [9.17, 15) is 0 Å². The Morgan fingerprint density at radius 3 is 2.68 bits per heavy atom. The van der Waals surface area contributed by atoms with Gasteiger partial charge < -0.3 is 9.47 Å². The molecule has 5 heteroatoms. The molecule has 102 valence electrons. The van der Waals surface area contributed by atoms with E-state index in [1.165, 1.54) is 0 Å². The predicted molar refractivity (Wildman–Crippen MR) is 83.9 cm³/mol. The maximum absolute atomic E-state index is 6.52. The lowest BCUT2D eigenvalue weighted by Gasteiger charge is -2.12. The molecule has 0 bridgehead atoms. The minimum absolute atomic E-state index is 0.195. The monoisotopic (exact) mass is 360 g/mol. The molecule has 0 spiro atoms. The quantitative estimate of drug-likeness (QED) is 0.677. The molecule has 0 N–H and O–H groups in total. The highest BCUT2D eigenvalue weighted by Gasteiger charge is 2.17. The Morgan fingerprint density at radius 2 is 2.11 bits per heavy atom. The van der Waals surface area contributed by atoms with E-state index in [0.717, 1.165) is 26.4 Å². The van der Waals surface area contributed by atoms with Crippen LogP contribution < -0.4 is 9.47 Å². The predicted octanol–water partition coefficient (Wildman–Crippen LogP) is 5.25. The Hall–Kier alpha value is -0.710. The molecule has 0 aliphatic heterocycles. The first-order chi connectivity index (χ1) is 9.15. The van der Waals surface area contributed by atoms with Crippen molar-refractivity contribution in [3.8, 4) is 11.5 Å². The maximum atomic E-state index is 6.52. The Labute approximate surface area is 130 Å². The summed E-state index contributed by atoms with van der Waals surface area (Å²) in [5.41, 5.74) is 1.02. The van der Waals surface area contributed by atoms with Gasteiger partial charge in [-0.3, -0.25) is 0 Å². The highest BCUT2D eigenvalue weighted by atomic mass is 79.9. The lowest BCUT2D eigenvalue weighted by Crippen LogP contribution is -1.95. The summed E-state index contributed by atoms with van der Waals surface area (Å²) in [4.78, 5) is 1.06. The van der Waals surface area contributed by atoms with Gasteiger partial charge >= 0.3 is 0 Å². The maximum Gasteiger partial charge on any atom is 0.129 e. The lowest BCUT2D eigenvalue weighted by atomic mass is 10.1. The van der Waals surface area contributed by atoms with E-state index < -0.39 is 0 Å². The summed E-state index contributed by atoms with van der Waals surface area (Å²) in [5.74, 6) is 1.68. The van der Waals surface area contributed by atoms with Gasteiger partial charge in [-0.1, -0.05) is 22.0 Å². The van der Waals surface area contributed by atoms with Gasteiger partial charge in [0.15, 0.2) is 0 Å². The molecule has 1 heterocycles. The number of hydrogen-bond donors (Lipinski definition) is 0. The molecule has 0 fully saturated rings. The van der Waals surface area contributed by atoms with Crippen LogP contribution in [0, 0.1) is 0 Å². The Morgan fingerprint density at radius 1 is 1.32 bits per heavy atom. The molecule has 2 nitrogen and oxygen atoms in total. The van der Waals surface area contributed by atoms with Gasteiger partial charge in [0.05, 0.1) is 19.1 Å². The molecule has 2 rings (SSSR count). The van der Waals surface area contributed by atoms with Crippen molar-refractivity contribution >= 4 is 38.9 Å². The van der Waals surface area contributed by atoms with Crippen molar-refractivity contribution in [3.63, 3.8) is 0 Å². The van der Waals surface area contributed by atoms with E-state index in [1.54, 1.807) is 18.4 Å².